The molecule has 108 valence electrons. The summed E-state index contributed by atoms with van der Waals surface area (Å²) in [7, 11) is 4.02. The minimum absolute atomic E-state index is 0.0438. The first-order valence-corrected chi connectivity index (χ1v) is 7.55. The van der Waals surface area contributed by atoms with Gasteiger partial charge in [-0.05, 0) is 56.4 Å². The summed E-state index contributed by atoms with van der Waals surface area (Å²) in [5.41, 5.74) is 2.02. The lowest BCUT2D eigenvalue weighted by molar-refractivity contribution is -0.137. The number of carbonyl (C=O) groups excluding carboxylic acids is 1. The van der Waals surface area contributed by atoms with Crippen LogP contribution in [-0.2, 0) is 4.74 Å². The summed E-state index contributed by atoms with van der Waals surface area (Å²) in [4.78, 5) is 14.7. The number of nitrogens with zero attached hydrogens (tertiary/aromatic N) is 1. The molecular formula is C17H23NO2. The molecule has 0 aromatic heterocycles. The van der Waals surface area contributed by atoms with Gasteiger partial charge in [-0.15, -0.1) is 0 Å². The number of Topliss-reactive ketones (excluding diaryl/α,β-unsaturated/α-hetero) is 1. The molecule has 1 spiro atoms. The number of ether oxygens (including phenoxy) is 1. The van der Waals surface area contributed by atoms with E-state index >= 15 is 0 Å². The zero-order chi connectivity index (χ0) is 14.2. The van der Waals surface area contributed by atoms with Crippen LogP contribution in [0.2, 0.25) is 0 Å². The first-order chi connectivity index (χ1) is 9.60. The number of benzene rings is 1. The summed E-state index contributed by atoms with van der Waals surface area (Å²) in [5.74, 6) is 0.444. The molecule has 2 aliphatic rings. The van der Waals surface area contributed by atoms with Gasteiger partial charge < -0.3 is 9.64 Å². The van der Waals surface area contributed by atoms with Crippen LogP contribution in [0.5, 0.6) is 0 Å². The second-order valence-electron chi connectivity index (χ2n) is 6.38. The van der Waals surface area contributed by atoms with Gasteiger partial charge in [-0.2, -0.15) is 0 Å². The summed E-state index contributed by atoms with van der Waals surface area (Å²) in [6.07, 6.45) is 5.31. The Morgan fingerprint density at radius 3 is 2.50 bits per heavy atom. The van der Waals surface area contributed by atoms with Crippen molar-refractivity contribution in [1.82, 2.24) is 0 Å². The fourth-order valence-electron chi connectivity index (χ4n) is 3.33. The van der Waals surface area contributed by atoms with E-state index in [9.17, 15) is 4.79 Å². The summed E-state index contributed by atoms with van der Waals surface area (Å²) < 4.78 is 5.91. The van der Waals surface area contributed by atoms with E-state index in [1.807, 2.05) is 43.3 Å². The van der Waals surface area contributed by atoms with Gasteiger partial charge in [-0.3, -0.25) is 4.79 Å². The van der Waals surface area contributed by atoms with Crippen LogP contribution in [0.3, 0.4) is 0 Å². The van der Waals surface area contributed by atoms with Crippen LogP contribution in [0.4, 0.5) is 5.69 Å². The number of rotatable bonds is 3. The molecule has 1 aromatic carbocycles. The Kier molecular flexibility index (Phi) is 3.55. The van der Waals surface area contributed by atoms with Crippen molar-refractivity contribution in [3.63, 3.8) is 0 Å². The minimum Gasteiger partial charge on any atom is -0.378 e. The molecule has 1 aromatic rings. The molecule has 0 bridgehead atoms. The maximum Gasteiger partial charge on any atom is 0.166 e. The van der Waals surface area contributed by atoms with E-state index in [0.717, 1.165) is 43.5 Å². The van der Waals surface area contributed by atoms with Crippen LogP contribution in [0.1, 0.15) is 42.5 Å². The molecule has 1 aliphatic heterocycles. The molecule has 1 atom stereocenters. The highest BCUT2D eigenvalue weighted by atomic mass is 16.5. The van der Waals surface area contributed by atoms with Crippen molar-refractivity contribution in [3.05, 3.63) is 29.8 Å². The van der Waals surface area contributed by atoms with Crippen LogP contribution in [0.25, 0.3) is 0 Å². The second kappa shape index (κ2) is 5.21. The van der Waals surface area contributed by atoms with Crippen molar-refractivity contribution >= 4 is 11.5 Å². The fourth-order valence-corrected chi connectivity index (χ4v) is 3.33. The third-order valence-electron chi connectivity index (χ3n) is 4.80. The van der Waals surface area contributed by atoms with Gasteiger partial charge in [-0.1, -0.05) is 0 Å². The Labute approximate surface area is 120 Å². The third-order valence-corrected chi connectivity index (χ3v) is 4.80. The zero-order valence-electron chi connectivity index (χ0n) is 12.4. The molecule has 1 aliphatic carbocycles. The molecule has 1 unspecified atom stereocenters. The third kappa shape index (κ3) is 2.47. The Morgan fingerprint density at radius 1 is 1.25 bits per heavy atom. The topological polar surface area (TPSA) is 29.5 Å². The first-order valence-electron chi connectivity index (χ1n) is 7.55. The van der Waals surface area contributed by atoms with Crippen LogP contribution in [0, 0.1) is 5.92 Å². The number of hydrogen-bond acceptors (Lipinski definition) is 3. The summed E-state index contributed by atoms with van der Waals surface area (Å²) in [5, 5.41) is 0. The number of ketones is 1. The van der Waals surface area contributed by atoms with Crippen molar-refractivity contribution in [2.24, 2.45) is 5.92 Å². The molecule has 2 fully saturated rings. The lowest BCUT2D eigenvalue weighted by atomic mass is 9.70. The lowest BCUT2D eigenvalue weighted by Crippen LogP contribution is -2.47. The van der Waals surface area contributed by atoms with Gasteiger partial charge in [-0.25, -0.2) is 0 Å². The quantitative estimate of drug-likeness (QED) is 0.792. The highest BCUT2D eigenvalue weighted by Crippen LogP contribution is 2.44. The molecule has 3 rings (SSSR count). The van der Waals surface area contributed by atoms with E-state index in [2.05, 4.69) is 0 Å². The predicted molar refractivity (Wildman–Crippen MR) is 80.4 cm³/mol. The lowest BCUT2D eigenvalue weighted by Gasteiger charge is -2.46. The van der Waals surface area contributed by atoms with Crippen molar-refractivity contribution in [1.29, 1.82) is 0 Å². The molecular weight excluding hydrogens is 250 g/mol. The van der Waals surface area contributed by atoms with Gasteiger partial charge in [0.05, 0.1) is 5.60 Å². The molecule has 1 saturated carbocycles. The molecule has 0 N–H and O–H groups in total. The zero-order valence-corrected chi connectivity index (χ0v) is 12.4. The number of carbonyl (C=O) groups is 1. The van der Waals surface area contributed by atoms with Gasteiger partial charge in [0.15, 0.2) is 5.78 Å². The molecule has 0 amide bonds. The van der Waals surface area contributed by atoms with Gasteiger partial charge >= 0.3 is 0 Å². The van der Waals surface area contributed by atoms with Gasteiger partial charge in [0.1, 0.15) is 0 Å². The van der Waals surface area contributed by atoms with E-state index in [-0.39, 0.29) is 11.5 Å². The summed E-state index contributed by atoms with van der Waals surface area (Å²) >= 11 is 0. The molecule has 20 heavy (non-hydrogen) atoms. The molecule has 3 heteroatoms. The van der Waals surface area contributed by atoms with Crippen molar-refractivity contribution in [2.75, 3.05) is 25.6 Å². The van der Waals surface area contributed by atoms with Crippen LogP contribution in [-0.4, -0.2) is 32.1 Å². The van der Waals surface area contributed by atoms with Gasteiger partial charge in [0.2, 0.25) is 0 Å². The fraction of sp³-hybridized carbons (Fsp3) is 0.588. The monoisotopic (exact) mass is 273 g/mol. The summed E-state index contributed by atoms with van der Waals surface area (Å²) in [6, 6.07) is 7.96. The first kappa shape index (κ1) is 13.6. The average molecular weight is 273 g/mol. The van der Waals surface area contributed by atoms with E-state index in [0.29, 0.717) is 5.78 Å². The Balaban J connectivity index is 1.71. The van der Waals surface area contributed by atoms with E-state index < -0.39 is 0 Å². The van der Waals surface area contributed by atoms with E-state index in [1.165, 1.54) is 6.42 Å². The molecule has 1 heterocycles. The normalized spacial score (nSPS) is 24.2. The average Bonchev–Trinajstić information content (AvgIpc) is 2.45. The van der Waals surface area contributed by atoms with Crippen LogP contribution in [0.15, 0.2) is 24.3 Å². The van der Waals surface area contributed by atoms with Gasteiger partial charge in [0, 0.05) is 37.9 Å². The Hall–Kier alpha value is -1.35. The standard InChI is InChI=1S/C17H23NO2/c1-18(2)15-6-4-13(5-7-15)16(19)14-8-11-20-17(12-14)9-3-10-17/h4-7,14H,3,8-12H2,1-2H3. The molecule has 3 nitrogen and oxygen atoms in total. The smallest absolute Gasteiger partial charge is 0.166 e. The van der Waals surface area contributed by atoms with Crippen molar-refractivity contribution in [2.45, 2.75) is 37.7 Å². The van der Waals surface area contributed by atoms with E-state index in [1.54, 1.807) is 0 Å². The Morgan fingerprint density at radius 2 is 1.95 bits per heavy atom. The second-order valence-corrected chi connectivity index (χ2v) is 6.38. The van der Waals surface area contributed by atoms with Gasteiger partial charge in [0.25, 0.3) is 0 Å². The highest BCUT2D eigenvalue weighted by Gasteiger charge is 2.44. The SMILES string of the molecule is CN(C)c1ccc(C(=O)C2CCOC3(CCC3)C2)cc1. The predicted octanol–water partition coefficient (Wildman–Crippen LogP) is 3.28. The van der Waals surface area contributed by atoms with Crippen molar-refractivity contribution < 1.29 is 9.53 Å². The minimum atomic E-state index is 0.0438. The largest absolute Gasteiger partial charge is 0.378 e. The molecule has 0 radical (unpaired) electrons. The van der Waals surface area contributed by atoms with Crippen LogP contribution < -0.4 is 4.90 Å². The number of hydrogen-bond donors (Lipinski definition) is 0. The maximum absolute atomic E-state index is 12.6. The Bertz CT molecular complexity index is 488. The number of anilines is 1. The van der Waals surface area contributed by atoms with Crippen LogP contribution >= 0.6 is 0 Å². The maximum atomic E-state index is 12.6. The molecule has 1 saturated heterocycles. The van der Waals surface area contributed by atoms with E-state index in [4.69, 9.17) is 4.74 Å². The van der Waals surface area contributed by atoms with Crippen molar-refractivity contribution in [3.8, 4) is 0 Å². The highest BCUT2D eigenvalue weighted by molar-refractivity contribution is 5.98. The summed E-state index contributed by atoms with van der Waals surface area (Å²) in [6.45, 7) is 0.742.